The second kappa shape index (κ2) is 12.7. The summed E-state index contributed by atoms with van der Waals surface area (Å²) in [7, 11) is -4.34. The Balaban J connectivity index is 0. The number of aliphatic hydroxyl groups excluding tert-OH is 1. The van der Waals surface area contributed by atoms with Gasteiger partial charge >= 0.3 is 59.1 Å². The number of aromatic nitrogens is 3. The van der Waals surface area contributed by atoms with Crippen LogP contribution in [0.4, 0.5) is 29.2 Å². The summed E-state index contributed by atoms with van der Waals surface area (Å²) in [6.45, 7) is 1.85. The zero-order valence-electron chi connectivity index (χ0n) is 19.4. The second-order valence-electron chi connectivity index (χ2n) is 6.16. The van der Waals surface area contributed by atoms with Gasteiger partial charge < -0.3 is 23.9 Å². The molecule has 0 aliphatic rings. The molecule has 0 fully saturated rings. The Kier molecular flexibility index (Phi) is 11.4. The molecular formula is C18H22N6Na2O4S. The maximum Gasteiger partial charge on any atom is 1.00 e. The van der Waals surface area contributed by atoms with Crippen molar-refractivity contribution in [1.82, 2.24) is 15.0 Å². The van der Waals surface area contributed by atoms with Crippen molar-refractivity contribution < 1.29 is 80.0 Å². The first-order valence-corrected chi connectivity index (χ1v) is 10.1. The zero-order chi connectivity index (χ0) is 20.9. The molecule has 31 heavy (non-hydrogen) atoms. The molecule has 156 valence electrons. The van der Waals surface area contributed by atoms with E-state index in [0.29, 0.717) is 5.69 Å². The summed E-state index contributed by atoms with van der Waals surface area (Å²) in [5.41, 5.74) is 1.12. The molecule has 1 atom stereocenters. The molecule has 5 N–H and O–H groups in total. The van der Waals surface area contributed by atoms with E-state index in [1.54, 1.807) is 13.0 Å². The van der Waals surface area contributed by atoms with E-state index in [1.807, 2.05) is 30.3 Å². The maximum atomic E-state index is 11.3. The average Bonchev–Trinajstić information content (AvgIpc) is 2.67. The van der Waals surface area contributed by atoms with Gasteiger partial charge in [0.15, 0.2) is 0 Å². The van der Waals surface area contributed by atoms with Gasteiger partial charge in [0.2, 0.25) is 17.8 Å². The normalized spacial score (nSPS) is 11.5. The molecule has 0 saturated carbocycles. The molecule has 0 saturated heterocycles. The first-order chi connectivity index (χ1) is 13.8. The molecule has 1 unspecified atom stereocenters. The van der Waals surface area contributed by atoms with Gasteiger partial charge in [0.05, 0.1) is 11.0 Å². The zero-order valence-corrected chi connectivity index (χ0v) is 22.3. The number of para-hydroxylation sites is 1. The summed E-state index contributed by atoms with van der Waals surface area (Å²) in [5.74, 6) is 0.597. The molecule has 0 spiro atoms. The summed E-state index contributed by atoms with van der Waals surface area (Å²) in [6, 6.07) is 14.9. The minimum atomic E-state index is -4.34. The number of aliphatic hydroxyl groups is 1. The quantitative estimate of drug-likeness (QED) is 0.169. The monoisotopic (exact) mass is 464 g/mol. The number of hydrogen-bond donors (Lipinski definition) is 5. The number of benzene rings is 2. The predicted molar refractivity (Wildman–Crippen MR) is 111 cm³/mol. The van der Waals surface area contributed by atoms with Gasteiger partial charge in [-0.2, -0.15) is 23.4 Å². The fourth-order valence-electron chi connectivity index (χ4n) is 2.32. The van der Waals surface area contributed by atoms with Gasteiger partial charge in [-0.25, -0.2) is 0 Å². The number of rotatable bonds is 8. The van der Waals surface area contributed by atoms with Crippen molar-refractivity contribution in [1.29, 1.82) is 0 Å². The molecule has 0 radical (unpaired) electrons. The minimum Gasteiger partial charge on any atom is -1.00 e. The molecule has 0 amide bonds. The van der Waals surface area contributed by atoms with Crippen LogP contribution in [0, 0.1) is 0 Å². The van der Waals surface area contributed by atoms with Crippen molar-refractivity contribution in [3.05, 3.63) is 54.6 Å². The van der Waals surface area contributed by atoms with Crippen LogP contribution >= 0.6 is 0 Å². The molecule has 3 aromatic rings. The average molecular weight is 464 g/mol. The number of nitrogens with zero attached hydrogens (tertiary/aromatic N) is 3. The van der Waals surface area contributed by atoms with Crippen LogP contribution in [0.3, 0.4) is 0 Å². The Morgan fingerprint density at radius 2 is 1.45 bits per heavy atom. The SMILES string of the molecule is CC(O)CNc1nc(Nc2ccccc2)nc(Nc2cccc(S(=O)(=O)O)c2)n1.[H-].[H-].[Na+].[Na+]. The van der Waals surface area contributed by atoms with Gasteiger partial charge in [0.25, 0.3) is 10.1 Å². The second-order valence-corrected chi connectivity index (χ2v) is 7.58. The van der Waals surface area contributed by atoms with Crippen molar-refractivity contribution in [3.8, 4) is 0 Å². The van der Waals surface area contributed by atoms with Crippen LogP contribution in [0.15, 0.2) is 59.5 Å². The summed E-state index contributed by atoms with van der Waals surface area (Å²) in [6.07, 6.45) is -0.611. The van der Waals surface area contributed by atoms with Gasteiger partial charge in [-0.05, 0) is 37.3 Å². The van der Waals surface area contributed by atoms with Gasteiger partial charge in [0.1, 0.15) is 0 Å². The number of anilines is 5. The van der Waals surface area contributed by atoms with Crippen LogP contribution in [0.1, 0.15) is 9.78 Å². The van der Waals surface area contributed by atoms with Gasteiger partial charge in [-0.15, -0.1) is 0 Å². The van der Waals surface area contributed by atoms with E-state index in [1.165, 1.54) is 18.2 Å². The first kappa shape index (κ1) is 27.8. The van der Waals surface area contributed by atoms with E-state index in [9.17, 15) is 18.1 Å². The van der Waals surface area contributed by atoms with E-state index in [2.05, 4.69) is 30.9 Å². The third-order valence-electron chi connectivity index (χ3n) is 3.61. The first-order valence-electron chi connectivity index (χ1n) is 8.64. The Labute approximate surface area is 227 Å². The molecule has 0 bridgehead atoms. The van der Waals surface area contributed by atoms with E-state index in [4.69, 9.17) is 0 Å². The molecule has 2 aromatic carbocycles. The van der Waals surface area contributed by atoms with Crippen molar-refractivity contribution in [2.45, 2.75) is 17.9 Å². The predicted octanol–water partition coefficient (Wildman–Crippen LogP) is -3.37. The van der Waals surface area contributed by atoms with Crippen LogP contribution in [0.5, 0.6) is 0 Å². The standard InChI is InChI=1S/C18H20N6O4S.2Na.2H/c1-12(25)11-19-16-22-17(20-13-6-3-2-4-7-13)24-18(23-16)21-14-8-5-9-15(10-14)29(26,27)28;;;;/h2-10,12,25H,11H2,1H3,(H,26,27,28)(H3,19,20,21,22,23,24);;;;/q;2*+1;2*-1. The summed E-state index contributed by atoms with van der Waals surface area (Å²) < 4.78 is 31.9. The number of nitrogens with one attached hydrogen (secondary N) is 3. The van der Waals surface area contributed by atoms with Gasteiger partial charge in [-0.1, -0.05) is 24.3 Å². The Bertz CT molecular complexity index is 1100. The summed E-state index contributed by atoms with van der Waals surface area (Å²) in [5, 5.41) is 18.3. The minimum absolute atomic E-state index is 0. The molecule has 1 aromatic heterocycles. The Morgan fingerprint density at radius 3 is 2.03 bits per heavy atom. The molecular weight excluding hydrogens is 442 g/mol. The van der Waals surface area contributed by atoms with E-state index in [0.717, 1.165) is 5.69 Å². The largest absolute Gasteiger partial charge is 1.00 e. The van der Waals surface area contributed by atoms with E-state index < -0.39 is 16.2 Å². The van der Waals surface area contributed by atoms with Crippen LogP contribution < -0.4 is 75.1 Å². The van der Waals surface area contributed by atoms with Crippen LogP contribution in [-0.2, 0) is 10.1 Å². The molecule has 0 aliphatic carbocycles. The molecule has 1 heterocycles. The summed E-state index contributed by atoms with van der Waals surface area (Å²) >= 11 is 0. The van der Waals surface area contributed by atoms with Crippen LogP contribution in [0.25, 0.3) is 0 Å². The number of hydrogen-bond acceptors (Lipinski definition) is 9. The van der Waals surface area contributed by atoms with Crippen molar-refractivity contribution >= 4 is 39.3 Å². The Morgan fingerprint density at radius 1 is 0.903 bits per heavy atom. The fraction of sp³-hybridized carbons (Fsp3) is 0.167. The van der Waals surface area contributed by atoms with Crippen LogP contribution in [0.2, 0.25) is 0 Å². The topological polar surface area (TPSA) is 149 Å². The van der Waals surface area contributed by atoms with Crippen molar-refractivity contribution in [3.63, 3.8) is 0 Å². The molecule has 13 heteroatoms. The van der Waals surface area contributed by atoms with Crippen molar-refractivity contribution in [2.24, 2.45) is 0 Å². The Hall–Kier alpha value is -1.28. The summed E-state index contributed by atoms with van der Waals surface area (Å²) in [4.78, 5) is 12.5. The van der Waals surface area contributed by atoms with Crippen molar-refractivity contribution in [2.75, 3.05) is 22.5 Å². The maximum absolute atomic E-state index is 11.3. The third kappa shape index (κ3) is 9.00. The van der Waals surface area contributed by atoms with Gasteiger partial charge in [-0.3, -0.25) is 4.55 Å². The van der Waals surface area contributed by atoms with E-state index in [-0.39, 0.29) is 91.3 Å². The smallest absolute Gasteiger partial charge is 1.00 e. The molecule has 3 rings (SSSR count). The van der Waals surface area contributed by atoms with Gasteiger partial charge in [0, 0.05) is 17.9 Å². The third-order valence-corrected chi connectivity index (χ3v) is 4.46. The fourth-order valence-corrected chi connectivity index (χ4v) is 2.85. The van der Waals surface area contributed by atoms with Crippen LogP contribution in [-0.4, -0.2) is 45.7 Å². The molecule has 10 nitrogen and oxygen atoms in total. The van der Waals surface area contributed by atoms with E-state index >= 15 is 0 Å². The molecule has 0 aliphatic heterocycles.